The number of carbonyl (C=O) groups excluding carboxylic acids is 1. The Hall–Kier alpha value is -4.10. The second kappa shape index (κ2) is 10.0. The number of nitrogens with zero attached hydrogens (tertiary/aromatic N) is 3. The number of nitrogens with one attached hydrogen (secondary N) is 1. The van der Waals surface area contributed by atoms with Crippen molar-refractivity contribution < 1.29 is 9.18 Å². The van der Waals surface area contributed by atoms with Crippen LogP contribution >= 0.6 is 11.3 Å². The number of rotatable bonds is 7. The third-order valence-electron chi connectivity index (χ3n) is 5.80. The first-order valence-electron chi connectivity index (χ1n) is 11.2. The third-order valence-corrected chi connectivity index (χ3v) is 6.66. The lowest BCUT2D eigenvalue weighted by Crippen LogP contribution is -2.25. The first kappa shape index (κ1) is 22.7. The van der Waals surface area contributed by atoms with Gasteiger partial charge in [0.2, 0.25) is 0 Å². The van der Waals surface area contributed by atoms with Crippen LogP contribution in [-0.2, 0) is 13.1 Å². The van der Waals surface area contributed by atoms with E-state index in [0.29, 0.717) is 17.0 Å². The highest BCUT2D eigenvalue weighted by Crippen LogP contribution is 2.29. The largest absolute Gasteiger partial charge is 0.365 e. The van der Waals surface area contributed by atoms with Crippen LogP contribution in [0.2, 0.25) is 0 Å². The number of fused-ring (bicyclic) bond motifs is 1. The van der Waals surface area contributed by atoms with E-state index in [1.54, 1.807) is 31.6 Å². The number of amides is 1. The molecule has 0 bridgehead atoms. The quantitative estimate of drug-likeness (QED) is 0.292. The first-order chi connectivity index (χ1) is 17.1. The summed E-state index contributed by atoms with van der Waals surface area (Å²) >= 11 is 1.38. The Morgan fingerprint density at radius 3 is 2.57 bits per heavy atom. The van der Waals surface area contributed by atoms with Gasteiger partial charge in [-0.25, -0.2) is 14.4 Å². The number of hydrogen-bond donors (Lipinski definition) is 1. The predicted molar refractivity (Wildman–Crippen MR) is 139 cm³/mol. The molecule has 1 N–H and O–H groups in total. The highest BCUT2D eigenvalue weighted by molar-refractivity contribution is 7.12. The molecule has 2 heterocycles. The van der Waals surface area contributed by atoms with Gasteiger partial charge in [0.25, 0.3) is 5.91 Å². The molecule has 35 heavy (non-hydrogen) atoms. The summed E-state index contributed by atoms with van der Waals surface area (Å²) in [6.07, 6.45) is 1.55. The normalized spacial score (nSPS) is 10.9. The summed E-state index contributed by atoms with van der Waals surface area (Å²) in [7, 11) is 1.69. The van der Waals surface area contributed by atoms with Crippen molar-refractivity contribution in [3.8, 4) is 11.1 Å². The molecule has 2 aromatic heterocycles. The Morgan fingerprint density at radius 1 is 0.971 bits per heavy atom. The minimum absolute atomic E-state index is 0.123. The van der Waals surface area contributed by atoms with Crippen molar-refractivity contribution in [2.45, 2.75) is 13.1 Å². The number of carbonyl (C=O) groups is 1. The maximum absolute atomic E-state index is 14.7. The van der Waals surface area contributed by atoms with Gasteiger partial charge in [-0.15, -0.1) is 11.3 Å². The lowest BCUT2D eigenvalue weighted by molar-refractivity contribution is 0.0788. The molecule has 5 rings (SSSR count). The van der Waals surface area contributed by atoms with Crippen molar-refractivity contribution in [3.63, 3.8) is 0 Å². The van der Waals surface area contributed by atoms with Crippen molar-refractivity contribution in [1.82, 2.24) is 14.9 Å². The van der Waals surface area contributed by atoms with Crippen LogP contribution in [0.1, 0.15) is 20.8 Å². The number of anilines is 1. The van der Waals surface area contributed by atoms with Crippen molar-refractivity contribution in [2.75, 3.05) is 12.4 Å². The average molecular weight is 483 g/mol. The molecule has 0 unspecified atom stereocenters. The Balaban J connectivity index is 1.42. The molecule has 5 aromatic rings. The summed E-state index contributed by atoms with van der Waals surface area (Å²) in [6.45, 7) is 0.819. The van der Waals surface area contributed by atoms with Crippen LogP contribution in [0.5, 0.6) is 0 Å². The Bertz CT molecular complexity index is 1470. The van der Waals surface area contributed by atoms with Crippen LogP contribution in [0, 0.1) is 5.82 Å². The number of benzene rings is 3. The van der Waals surface area contributed by atoms with Crippen LogP contribution in [0.3, 0.4) is 0 Å². The molecule has 0 saturated carbocycles. The van der Waals surface area contributed by atoms with Gasteiger partial charge >= 0.3 is 0 Å². The van der Waals surface area contributed by atoms with E-state index in [4.69, 9.17) is 0 Å². The van der Waals surface area contributed by atoms with E-state index >= 15 is 0 Å². The van der Waals surface area contributed by atoms with E-state index < -0.39 is 0 Å². The fraction of sp³-hybridized carbons (Fsp3) is 0.107. The summed E-state index contributed by atoms with van der Waals surface area (Å²) in [4.78, 5) is 23.6. The van der Waals surface area contributed by atoms with Gasteiger partial charge in [0.1, 0.15) is 18.0 Å². The molecule has 0 radical (unpaired) electrons. The molecule has 0 atom stereocenters. The molecule has 5 nitrogen and oxygen atoms in total. The van der Waals surface area contributed by atoms with E-state index in [2.05, 4.69) is 27.4 Å². The number of halogens is 1. The summed E-state index contributed by atoms with van der Waals surface area (Å²) in [5, 5.41) is 6.14. The SMILES string of the molecule is CN(Cc1cc(-c2ccc3ncnc(NCc4ccccc4)c3c2)ccc1F)C(=O)c1cccs1. The maximum Gasteiger partial charge on any atom is 0.263 e. The van der Waals surface area contributed by atoms with Crippen molar-refractivity contribution in [1.29, 1.82) is 0 Å². The smallest absolute Gasteiger partial charge is 0.263 e. The average Bonchev–Trinajstić information content (AvgIpc) is 3.43. The lowest BCUT2D eigenvalue weighted by atomic mass is 10.0. The van der Waals surface area contributed by atoms with Gasteiger partial charge in [0.15, 0.2) is 0 Å². The molecular formula is C28H23FN4OS. The van der Waals surface area contributed by atoms with Crippen molar-refractivity contribution in [2.24, 2.45) is 0 Å². The summed E-state index contributed by atoms with van der Waals surface area (Å²) in [6, 6.07) is 24.6. The van der Waals surface area contributed by atoms with Gasteiger partial charge in [-0.2, -0.15) is 0 Å². The molecule has 0 aliphatic heterocycles. The molecular weight excluding hydrogens is 459 g/mol. The number of thiophene rings is 1. The Labute approximate surface area is 206 Å². The summed E-state index contributed by atoms with van der Waals surface area (Å²) < 4.78 is 14.7. The zero-order chi connectivity index (χ0) is 24.2. The third kappa shape index (κ3) is 5.05. The highest BCUT2D eigenvalue weighted by Gasteiger charge is 2.16. The minimum atomic E-state index is -0.339. The second-order valence-electron chi connectivity index (χ2n) is 8.24. The van der Waals surface area contributed by atoms with E-state index in [9.17, 15) is 9.18 Å². The van der Waals surface area contributed by atoms with Gasteiger partial charge in [-0.3, -0.25) is 4.79 Å². The zero-order valence-corrected chi connectivity index (χ0v) is 19.9. The van der Waals surface area contributed by atoms with E-state index in [1.165, 1.54) is 22.3 Å². The fourth-order valence-electron chi connectivity index (χ4n) is 3.95. The fourth-order valence-corrected chi connectivity index (χ4v) is 4.67. The van der Waals surface area contributed by atoms with Gasteiger partial charge in [0.05, 0.1) is 10.4 Å². The van der Waals surface area contributed by atoms with E-state index in [-0.39, 0.29) is 18.3 Å². The van der Waals surface area contributed by atoms with Gasteiger partial charge in [0, 0.05) is 31.1 Å². The zero-order valence-electron chi connectivity index (χ0n) is 19.1. The molecule has 174 valence electrons. The lowest BCUT2D eigenvalue weighted by Gasteiger charge is -2.17. The van der Waals surface area contributed by atoms with Gasteiger partial charge < -0.3 is 10.2 Å². The van der Waals surface area contributed by atoms with Crippen molar-refractivity contribution >= 4 is 34.0 Å². The van der Waals surface area contributed by atoms with E-state index in [1.807, 2.05) is 47.8 Å². The molecule has 0 fully saturated rings. The molecule has 3 aromatic carbocycles. The number of aromatic nitrogens is 2. The van der Waals surface area contributed by atoms with Crippen LogP contribution in [0.4, 0.5) is 10.2 Å². The van der Waals surface area contributed by atoms with Crippen LogP contribution in [-0.4, -0.2) is 27.8 Å². The standard InChI is InChI=1S/C28H23FN4OS/c1-33(28(34)26-8-5-13-35-26)17-22-14-20(9-11-24(22)29)21-10-12-25-23(15-21)27(32-18-31-25)30-16-19-6-3-2-4-7-19/h2-15,18H,16-17H2,1H3,(H,30,31,32). The second-order valence-corrected chi connectivity index (χ2v) is 9.19. The molecule has 0 saturated heterocycles. The molecule has 0 aliphatic carbocycles. The number of hydrogen-bond acceptors (Lipinski definition) is 5. The molecule has 0 spiro atoms. The monoisotopic (exact) mass is 482 g/mol. The first-order valence-corrected chi connectivity index (χ1v) is 12.1. The van der Waals surface area contributed by atoms with E-state index in [0.717, 1.165) is 33.4 Å². The van der Waals surface area contributed by atoms with Gasteiger partial charge in [-0.05, 0) is 52.4 Å². The topological polar surface area (TPSA) is 58.1 Å². The Kier molecular flexibility index (Phi) is 6.50. The maximum atomic E-state index is 14.7. The van der Waals surface area contributed by atoms with Crippen LogP contribution in [0.15, 0.2) is 90.6 Å². The van der Waals surface area contributed by atoms with Crippen molar-refractivity contribution in [3.05, 3.63) is 112 Å². The summed E-state index contributed by atoms with van der Waals surface area (Å²) in [5.41, 5.74) is 4.21. The molecule has 0 aliphatic rings. The van der Waals surface area contributed by atoms with Crippen LogP contribution in [0.25, 0.3) is 22.0 Å². The van der Waals surface area contributed by atoms with Gasteiger partial charge in [-0.1, -0.05) is 48.5 Å². The molecule has 1 amide bonds. The van der Waals surface area contributed by atoms with Crippen LogP contribution < -0.4 is 5.32 Å². The molecule has 7 heteroatoms. The predicted octanol–water partition coefficient (Wildman–Crippen LogP) is 6.38. The summed E-state index contributed by atoms with van der Waals surface area (Å²) in [5.74, 6) is 0.278. The highest BCUT2D eigenvalue weighted by atomic mass is 32.1. The Morgan fingerprint density at radius 2 is 1.77 bits per heavy atom. The minimum Gasteiger partial charge on any atom is -0.365 e.